The van der Waals surface area contributed by atoms with Gasteiger partial charge in [0.1, 0.15) is 17.3 Å². The fraction of sp³-hybridized carbons (Fsp3) is 0.0476. The lowest BCUT2D eigenvalue weighted by Gasteiger charge is -2.15. The van der Waals surface area contributed by atoms with Crippen molar-refractivity contribution >= 4 is 11.8 Å². The molecule has 0 aliphatic rings. The minimum Gasteiger partial charge on any atom is -0.394 e. The van der Waals surface area contributed by atoms with Gasteiger partial charge >= 0.3 is 0 Å². The number of nitrogen functional groups attached to an aromatic ring is 1. The zero-order valence-electron chi connectivity index (χ0n) is 13.0. The van der Waals surface area contributed by atoms with Crippen LogP contribution < -0.4 is 5.73 Å². The summed E-state index contributed by atoms with van der Waals surface area (Å²) >= 11 is 0. The van der Waals surface area contributed by atoms with Gasteiger partial charge in [-0.3, -0.25) is 0 Å². The van der Waals surface area contributed by atoms with E-state index in [2.05, 4.69) is 0 Å². The van der Waals surface area contributed by atoms with Crippen LogP contribution in [0, 0.1) is 11.6 Å². The summed E-state index contributed by atoms with van der Waals surface area (Å²) in [4.78, 5) is 0. The van der Waals surface area contributed by atoms with E-state index in [1.807, 2.05) is 72.8 Å². The van der Waals surface area contributed by atoms with Crippen molar-refractivity contribution in [1.29, 1.82) is 0 Å². The second-order valence-electron chi connectivity index (χ2n) is 5.56. The predicted molar refractivity (Wildman–Crippen MR) is 94.5 cm³/mol. The van der Waals surface area contributed by atoms with Crippen LogP contribution in [-0.4, -0.2) is 0 Å². The number of anilines is 1. The van der Waals surface area contributed by atoms with Gasteiger partial charge in [0.05, 0.1) is 0 Å². The van der Waals surface area contributed by atoms with Crippen LogP contribution in [0.3, 0.4) is 0 Å². The van der Waals surface area contributed by atoms with Crippen molar-refractivity contribution in [3.8, 4) is 0 Å². The van der Waals surface area contributed by atoms with Crippen molar-refractivity contribution in [2.75, 3.05) is 5.73 Å². The molecule has 0 heterocycles. The Labute approximate surface area is 140 Å². The van der Waals surface area contributed by atoms with E-state index in [0.29, 0.717) is 5.56 Å². The highest BCUT2D eigenvalue weighted by Crippen LogP contribution is 2.30. The van der Waals surface area contributed by atoms with Gasteiger partial charge in [0, 0.05) is 5.92 Å². The molecule has 0 aromatic heterocycles. The van der Waals surface area contributed by atoms with Gasteiger partial charge in [-0.2, -0.15) is 0 Å². The molecule has 1 atom stereocenters. The van der Waals surface area contributed by atoms with Crippen LogP contribution in [0.5, 0.6) is 0 Å². The smallest absolute Gasteiger partial charge is 0.149 e. The molecule has 3 aromatic carbocycles. The number of hydrogen-bond donors (Lipinski definition) is 1. The summed E-state index contributed by atoms with van der Waals surface area (Å²) in [7, 11) is 0. The first-order valence-corrected chi connectivity index (χ1v) is 7.68. The van der Waals surface area contributed by atoms with Gasteiger partial charge in [-0.15, -0.1) is 0 Å². The van der Waals surface area contributed by atoms with Crippen molar-refractivity contribution in [2.24, 2.45) is 0 Å². The molecule has 1 nitrogen and oxygen atoms in total. The van der Waals surface area contributed by atoms with Gasteiger partial charge in [0.25, 0.3) is 0 Å². The summed E-state index contributed by atoms with van der Waals surface area (Å²) < 4.78 is 27.8. The van der Waals surface area contributed by atoms with Gasteiger partial charge in [-0.05, 0) is 28.8 Å². The quantitative estimate of drug-likeness (QED) is 0.640. The normalized spacial score (nSPS) is 12.4. The highest BCUT2D eigenvalue weighted by Gasteiger charge is 2.15. The fourth-order valence-corrected chi connectivity index (χ4v) is 2.63. The number of benzene rings is 3. The zero-order valence-corrected chi connectivity index (χ0v) is 13.0. The molecule has 0 radical (unpaired) electrons. The summed E-state index contributed by atoms with van der Waals surface area (Å²) in [6, 6.07) is 22.0. The van der Waals surface area contributed by atoms with Gasteiger partial charge in [0.2, 0.25) is 0 Å². The third-order valence-electron chi connectivity index (χ3n) is 3.90. The van der Waals surface area contributed by atoms with Crippen LogP contribution >= 0.6 is 0 Å². The van der Waals surface area contributed by atoms with E-state index in [-0.39, 0.29) is 5.92 Å². The van der Waals surface area contributed by atoms with Crippen LogP contribution in [0.25, 0.3) is 6.08 Å². The number of allylic oxidation sites excluding steroid dienone is 1. The van der Waals surface area contributed by atoms with E-state index >= 15 is 0 Å². The van der Waals surface area contributed by atoms with Crippen LogP contribution in [-0.2, 0) is 0 Å². The van der Waals surface area contributed by atoms with Crippen molar-refractivity contribution in [3.05, 3.63) is 107 Å². The van der Waals surface area contributed by atoms with E-state index in [1.165, 1.54) is 12.1 Å². The van der Waals surface area contributed by atoms with Gasteiger partial charge < -0.3 is 5.73 Å². The van der Waals surface area contributed by atoms with E-state index in [9.17, 15) is 8.78 Å². The summed E-state index contributed by atoms with van der Waals surface area (Å²) in [5.74, 6) is -1.74. The van der Waals surface area contributed by atoms with E-state index < -0.39 is 17.3 Å². The minimum absolute atomic E-state index is 0.268. The molecule has 3 rings (SSSR count). The Morgan fingerprint density at radius 3 is 1.88 bits per heavy atom. The van der Waals surface area contributed by atoms with Crippen LogP contribution in [0.2, 0.25) is 0 Å². The first-order chi connectivity index (χ1) is 11.6. The molecule has 120 valence electrons. The summed E-state index contributed by atoms with van der Waals surface area (Å²) in [6.07, 6.45) is 3.89. The summed E-state index contributed by atoms with van der Waals surface area (Å²) in [5, 5.41) is 0. The van der Waals surface area contributed by atoms with Gasteiger partial charge in [-0.1, -0.05) is 72.8 Å². The molecule has 0 spiro atoms. The Bertz CT molecular complexity index is 819. The summed E-state index contributed by atoms with van der Waals surface area (Å²) in [5.41, 5.74) is 7.44. The first kappa shape index (κ1) is 15.9. The maximum Gasteiger partial charge on any atom is 0.149 e. The highest BCUT2D eigenvalue weighted by molar-refractivity contribution is 5.54. The van der Waals surface area contributed by atoms with E-state index in [0.717, 1.165) is 11.1 Å². The average Bonchev–Trinajstić information content (AvgIpc) is 2.61. The van der Waals surface area contributed by atoms with Crippen molar-refractivity contribution in [3.63, 3.8) is 0 Å². The maximum absolute atomic E-state index is 13.9. The van der Waals surface area contributed by atoms with Crippen LogP contribution in [0.1, 0.15) is 22.6 Å². The largest absolute Gasteiger partial charge is 0.394 e. The Balaban J connectivity index is 2.05. The van der Waals surface area contributed by atoms with E-state index in [1.54, 1.807) is 0 Å². The average molecular weight is 321 g/mol. The van der Waals surface area contributed by atoms with E-state index in [4.69, 9.17) is 5.73 Å². The Morgan fingerprint density at radius 1 is 0.750 bits per heavy atom. The maximum atomic E-state index is 13.9. The third kappa shape index (κ3) is 3.51. The van der Waals surface area contributed by atoms with Gasteiger partial charge in [-0.25, -0.2) is 8.78 Å². The SMILES string of the molecule is Nc1c(F)cc(C(/C=C/c2ccccc2)c2ccccc2)cc1F. The molecule has 1 unspecified atom stereocenters. The van der Waals surface area contributed by atoms with Crippen molar-refractivity contribution < 1.29 is 8.78 Å². The highest BCUT2D eigenvalue weighted by atomic mass is 19.1. The number of halogens is 2. The first-order valence-electron chi connectivity index (χ1n) is 7.68. The number of rotatable bonds is 4. The standard InChI is InChI=1S/C21H17F2N/c22-19-13-17(14-20(23)21(19)24)18(16-9-5-2-6-10-16)12-11-15-7-3-1-4-8-15/h1-14,18H,24H2/b12-11+. The van der Waals surface area contributed by atoms with Crippen LogP contribution in [0.15, 0.2) is 78.9 Å². The molecular weight excluding hydrogens is 304 g/mol. The van der Waals surface area contributed by atoms with Crippen molar-refractivity contribution in [2.45, 2.75) is 5.92 Å². The number of hydrogen-bond acceptors (Lipinski definition) is 1. The fourth-order valence-electron chi connectivity index (χ4n) is 2.63. The molecule has 0 aliphatic carbocycles. The minimum atomic E-state index is -0.737. The topological polar surface area (TPSA) is 26.0 Å². The molecule has 3 heteroatoms. The monoisotopic (exact) mass is 321 g/mol. The Hall–Kier alpha value is -2.94. The molecular formula is C21H17F2N. The molecule has 3 aromatic rings. The molecule has 0 aliphatic heterocycles. The molecule has 24 heavy (non-hydrogen) atoms. The predicted octanol–water partition coefficient (Wildman–Crippen LogP) is 5.39. The molecule has 2 N–H and O–H groups in total. The molecule has 0 saturated heterocycles. The van der Waals surface area contributed by atoms with Crippen LogP contribution in [0.4, 0.5) is 14.5 Å². The zero-order chi connectivity index (χ0) is 16.9. The summed E-state index contributed by atoms with van der Waals surface area (Å²) in [6.45, 7) is 0. The van der Waals surface area contributed by atoms with Crippen molar-refractivity contribution in [1.82, 2.24) is 0 Å². The molecule has 0 fully saturated rings. The molecule has 0 amide bonds. The van der Waals surface area contributed by atoms with Gasteiger partial charge in [0.15, 0.2) is 0 Å². The third-order valence-corrected chi connectivity index (χ3v) is 3.90. The Morgan fingerprint density at radius 2 is 1.29 bits per heavy atom. The number of nitrogens with two attached hydrogens (primary N) is 1. The second-order valence-corrected chi connectivity index (χ2v) is 5.56. The Kier molecular flexibility index (Phi) is 4.71. The lowest BCUT2D eigenvalue weighted by Crippen LogP contribution is -2.03. The lowest BCUT2D eigenvalue weighted by molar-refractivity contribution is 0.587. The second kappa shape index (κ2) is 7.09. The lowest BCUT2D eigenvalue weighted by atomic mass is 9.90. The molecule has 0 saturated carbocycles. The molecule has 0 bridgehead atoms.